The minimum atomic E-state index is 1.07. The van der Waals surface area contributed by atoms with Gasteiger partial charge in [-0.3, -0.25) is 10.2 Å². The Morgan fingerprint density at radius 1 is 0.372 bits per heavy atom. The van der Waals surface area contributed by atoms with E-state index in [0.717, 1.165) is 39.3 Å². The highest BCUT2D eigenvalue weighted by Crippen LogP contribution is 2.38. The van der Waals surface area contributed by atoms with Gasteiger partial charge >= 0.3 is 0 Å². The Balaban J connectivity index is 1.19. The molecular formula is C38H27N5. The highest BCUT2D eigenvalue weighted by Gasteiger charge is 2.14. The summed E-state index contributed by atoms with van der Waals surface area (Å²) < 4.78 is 0. The topological polar surface area (TPSA) is 60.6 Å². The molecule has 2 aromatic heterocycles. The van der Waals surface area contributed by atoms with E-state index in [-0.39, 0.29) is 0 Å². The summed E-state index contributed by atoms with van der Waals surface area (Å²) in [4.78, 5) is 2.30. The molecule has 8 rings (SSSR count). The van der Waals surface area contributed by atoms with Crippen molar-refractivity contribution in [1.82, 2.24) is 20.4 Å². The molecule has 0 unspecified atom stereocenters. The van der Waals surface area contributed by atoms with Gasteiger partial charge in [0.25, 0.3) is 0 Å². The second-order valence-corrected chi connectivity index (χ2v) is 10.7. The van der Waals surface area contributed by atoms with E-state index in [9.17, 15) is 0 Å². The fourth-order valence-electron chi connectivity index (χ4n) is 5.79. The first kappa shape index (κ1) is 24.8. The molecule has 0 amide bonds. The van der Waals surface area contributed by atoms with E-state index in [1.165, 1.54) is 32.7 Å². The molecule has 43 heavy (non-hydrogen) atoms. The predicted molar refractivity (Wildman–Crippen MR) is 177 cm³/mol. The van der Waals surface area contributed by atoms with Crippen molar-refractivity contribution in [1.29, 1.82) is 0 Å². The van der Waals surface area contributed by atoms with Gasteiger partial charge in [-0.15, -0.1) is 0 Å². The molecule has 2 N–H and O–H groups in total. The highest BCUT2D eigenvalue weighted by molar-refractivity contribution is 5.94. The molecule has 204 valence electrons. The molecule has 0 aliphatic heterocycles. The maximum absolute atomic E-state index is 4.11. The van der Waals surface area contributed by atoms with Crippen molar-refractivity contribution in [2.75, 3.05) is 4.90 Å². The molecule has 6 aromatic carbocycles. The van der Waals surface area contributed by atoms with Gasteiger partial charge in [0.2, 0.25) is 0 Å². The first-order chi connectivity index (χ1) is 21.3. The minimum Gasteiger partial charge on any atom is -0.310 e. The number of hydrogen-bond donors (Lipinski definition) is 2. The van der Waals surface area contributed by atoms with Crippen LogP contribution in [0.5, 0.6) is 0 Å². The number of rotatable bonds is 6. The van der Waals surface area contributed by atoms with Gasteiger partial charge in [0.05, 0.1) is 12.4 Å². The third kappa shape index (κ3) is 4.73. The van der Waals surface area contributed by atoms with Gasteiger partial charge in [-0.1, -0.05) is 78.9 Å². The van der Waals surface area contributed by atoms with Gasteiger partial charge in [0, 0.05) is 40.6 Å². The highest BCUT2D eigenvalue weighted by atomic mass is 15.1. The summed E-state index contributed by atoms with van der Waals surface area (Å²) in [5.41, 5.74) is 10.1. The molecule has 0 saturated heterocycles. The lowest BCUT2D eigenvalue weighted by Gasteiger charge is -2.26. The van der Waals surface area contributed by atoms with Crippen molar-refractivity contribution in [2.45, 2.75) is 0 Å². The third-order valence-corrected chi connectivity index (χ3v) is 8.08. The van der Waals surface area contributed by atoms with Crippen molar-refractivity contribution in [3.63, 3.8) is 0 Å². The van der Waals surface area contributed by atoms with E-state index >= 15 is 0 Å². The van der Waals surface area contributed by atoms with Crippen molar-refractivity contribution in [3.8, 4) is 33.4 Å². The second kappa shape index (κ2) is 10.5. The van der Waals surface area contributed by atoms with Gasteiger partial charge in [0.15, 0.2) is 0 Å². The van der Waals surface area contributed by atoms with Gasteiger partial charge < -0.3 is 4.90 Å². The lowest BCUT2D eigenvalue weighted by molar-refractivity contribution is 1.09. The number of benzene rings is 6. The lowest BCUT2D eigenvalue weighted by Crippen LogP contribution is -2.09. The monoisotopic (exact) mass is 553 g/mol. The summed E-state index contributed by atoms with van der Waals surface area (Å²) >= 11 is 0. The Kier molecular flexibility index (Phi) is 6.05. The second-order valence-electron chi connectivity index (χ2n) is 10.7. The number of aromatic nitrogens is 4. The van der Waals surface area contributed by atoms with Crippen molar-refractivity contribution in [2.24, 2.45) is 0 Å². The SMILES string of the molecule is c1ccc2cc(-c3ccc4cc(N(c5ccc(-c6cn[nH]c6)cc5)c5ccc(-c6cn[nH]c6)cc5)ccc4c3)ccc2c1. The van der Waals surface area contributed by atoms with Crippen molar-refractivity contribution >= 4 is 38.6 Å². The number of fused-ring (bicyclic) bond motifs is 2. The average molecular weight is 554 g/mol. The number of anilines is 3. The van der Waals surface area contributed by atoms with E-state index in [2.05, 4.69) is 153 Å². The maximum Gasteiger partial charge on any atom is 0.0565 e. The Bertz CT molecular complexity index is 2080. The standard InChI is InChI=1S/C38H27N5/c1-2-4-29-19-30(6-5-26(29)3-1)31-7-8-33-21-38(18-13-32(33)20-31)43(36-14-9-27(10-15-36)34-22-39-40-23-34)37-16-11-28(12-17-37)35-24-41-42-25-35/h1-25H,(H,39,40)(H,41,42). The summed E-state index contributed by atoms with van der Waals surface area (Å²) in [7, 11) is 0. The Morgan fingerprint density at radius 3 is 1.37 bits per heavy atom. The molecule has 0 atom stereocenters. The number of nitrogens with zero attached hydrogens (tertiary/aromatic N) is 3. The molecule has 5 heteroatoms. The summed E-state index contributed by atoms with van der Waals surface area (Å²) in [5, 5.41) is 18.9. The van der Waals surface area contributed by atoms with Crippen LogP contribution in [0.25, 0.3) is 54.9 Å². The van der Waals surface area contributed by atoms with E-state index < -0.39 is 0 Å². The fourth-order valence-corrected chi connectivity index (χ4v) is 5.79. The van der Waals surface area contributed by atoms with Crippen LogP contribution in [0.1, 0.15) is 0 Å². The smallest absolute Gasteiger partial charge is 0.0565 e. The van der Waals surface area contributed by atoms with Crippen LogP contribution in [0.2, 0.25) is 0 Å². The number of nitrogens with one attached hydrogen (secondary N) is 2. The molecule has 0 fully saturated rings. The molecular weight excluding hydrogens is 526 g/mol. The first-order valence-corrected chi connectivity index (χ1v) is 14.3. The zero-order valence-electron chi connectivity index (χ0n) is 23.3. The number of H-pyrrole nitrogens is 2. The normalized spacial score (nSPS) is 11.3. The van der Waals surface area contributed by atoms with Gasteiger partial charge in [-0.05, 0) is 92.3 Å². The van der Waals surface area contributed by atoms with Gasteiger partial charge in [0.1, 0.15) is 0 Å². The largest absolute Gasteiger partial charge is 0.310 e. The van der Waals surface area contributed by atoms with E-state index in [1.807, 2.05) is 24.8 Å². The molecule has 0 saturated carbocycles. The van der Waals surface area contributed by atoms with E-state index in [1.54, 1.807) is 0 Å². The lowest BCUT2D eigenvalue weighted by atomic mass is 9.98. The summed E-state index contributed by atoms with van der Waals surface area (Å²) in [5.74, 6) is 0. The van der Waals surface area contributed by atoms with Crippen LogP contribution in [0.15, 0.2) is 152 Å². The zero-order chi connectivity index (χ0) is 28.6. The Morgan fingerprint density at radius 2 is 0.814 bits per heavy atom. The van der Waals surface area contributed by atoms with Crippen LogP contribution in [0.3, 0.4) is 0 Å². The quantitative estimate of drug-likeness (QED) is 0.215. The number of hydrogen-bond acceptors (Lipinski definition) is 3. The van der Waals surface area contributed by atoms with Gasteiger partial charge in [-0.25, -0.2) is 0 Å². The number of aromatic amines is 2. The van der Waals surface area contributed by atoms with Crippen LogP contribution in [-0.2, 0) is 0 Å². The fraction of sp³-hybridized carbons (Fsp3) is 0. The molecule has 5 nitrogen and oxygen atoms in total. The molecule has 8 aromatic rings. The first-order valence-electron chi connectivity index (χ1n) is 14.3. The van der Waals surface area contributed by atoms with Crippen molar-refractivity contribution in [3.05, 3.63) is 152 Å². The Hall–Kier alpha value is -5.94. The zero-order valence-corrected chi connectivity index (χ0v) is 23.3. The van der Waals surface area contributed by atoms with Crippen LogP contribution in [0.4, 0.5) is 17.1 Å². The molecule has 0 radical (unpaired) electrons. The Labute approximate surface area is 249 Å². The van der Waals surface area contributed by atoms with Crippen LogP contribution in [-0.4, -0.2) is 20.4 Å². The van der Waals surface area contributed by atoms with Crippen LogP contribution in [0, 0.1) is 0 Å². The van der Waals surface area contributed by atoms with Gasteiger partial charge in [-0.2, -0.15) is 10.2 Å². The molecule has 0 aliphatic carbocycles. The van der Waals surface area contributed by atoms with Crippen LogP contribution >= 0.6 is 0 Å². The third-order valence-electron chi connectivity index (χ3n) is 8.08. The maximum atomic E-state index is 4.11. The van der Waals surface area contributed by atoms with E-state index in [4.69, 9.17) is 0 Å². The van der Waals surface area contributed by atoms with Crippen LogP contribution < -0.4 is 4.90 Å². The predicted octanol–water partition coefficient (Wildman–Crippen LogP) is 9.91. The minimum absolute atomic E-state index is 1.07. The molecule has 0 aliphatic rings. The molecule has 2 heterocycles. The average Bonchev–Trinajstić information content (AvgIpc) is 3.81. The summed E-state index contributed by atoms with van der Waals surface area (Å²) in [6.07, 6.45) is 7.52. The molecule has 0 spiro atoms. The van der Waals surface area contributed by atoms with Crippen molar-refractivity contribution < 1.29 is 0 Å². The van der Waals surface area contributed by atoms with E-state index in [0.29, 0.717) is 0 Å². The molecule has 0 bridgehead atoms. The summed E-state index contributed by atoms with van der Waals surface area (Å²) in [6, 6.07) is 45.9. The summed E-state index contributed by atoms with van der Waals surface area (Å²) in [6.45, 7) is 0.